The van der Waals surface area contributed by atoms with Crippen molar-refractivity contribution in [2.45, 2.75) is 33.2 Å². The Morgan fingerprint density at radius 3 is 2.63 bits per heavy atom. The van der Waals surface area contributed by atoms with Crippen LogP contribution in [0.15, 0.2) is 36.4 Å². The first-order chi connectivity index (χ1) is 13.0. The van der Waals surface area contributed by atoms with Gasteiger partial charge in [-0.3, -0.25) is 9.59 Å². The second-order valence-corrected chi connectivity index (χ2v) is 7.10. The van der Waals surface area contributed by atoms with E-state index in [4.69, 9.17) is 11.6 Å². The molecule has 0 fully saturated rings. The van der Waals surface area contributed by atoms with E-state index in [1.54, 1.807) is 17.9 Å². The summed E-state index contributed by atoms with van der Waals surface area (Å²) in [5, 5.41) is 3.56. The third-order valence-electron chi connectivity index (χ3n) is 4.66. The molecule has 0 saturated carbocycles. The number of hydrogen-bond acceptors (Lipinski definition) is 2. The number of anilines is 1. The summed E-state index contributed by atoms with van der Waals surface area (Å²) < 4.78 is 0. The minimum absolute atomic E-state index is 0.0405. The van der Waals surface area contributed by atoms with Crippen LogP contribution in [0.1, 0.15) is 53.7 Å². The van der Waals surface area contributed by atoms with Crippen LogP contribution in [0.3, 0.4) is 0 Å². The Morgan fingerprint density at radius 2 is 1.89 bits per heavy atom. The maximum atomic E-state index is 12.4. The van der Waals surface area contributed by atoms with Gasteiger partial charge in [-0.2, -0.15) is 0 Å². The molecule has 1 aliphatic heterocycles. The summed E-state index contributed by atoms with van der Waals surface area (Å²) in [5.74, 6) is -0.116. The van der Waals surface area contributed by atoms with Gasteiger partial charge in [0.05, 0.1) is 12.2 Å². The van der Waals surface area contributed by atoms with E-state index >= 15 is 0 Å². The van der Waals surface area contributed by atoms with E-state index in [2.05, 4.69) is 12.2 Å². The molecule has 4 nitrogen and oxygen atoms in total. The molecule has 5 heteroatoms. The number of amides is 2. The van der Waals surface area contributed by atoms with Gasteiger partial charge in [0.2, 0.25) is 5.91 Å². The Balaban J connectivity index is 1.98. The van der Waals surface area contributed by atoms with Gasteiger partial charge >= 0.3 is 0 Å². The molecule has 140 valence electrons. The Kier molecular flexibility index (Phi) is 5.97. The smallest absolute Gasteiger partial charge is 0.251 e. The number of halogens is 1. The average Bonchev–Trinajstić information content (AvgIpc) is 2.63. The standard InChI is InChI=1S/C22H23ClN2O2/c1-3-4-11-24-22(27)18-7-8-19-14-25(15(2)26)21-10-9-20(23)13-17(21)6-5-16(19)12-18/h5-10,12-13H,3-4,11,14H2,1-2H3,(H,24,27). The first kappa shape index (κ1) is 19.2. The third-order valence-corrected chi connectivity index (χ3v) is 4.89. The molecule has 2 aromatic rings. The summed E-state index contributed by atoms with van der Waals surface area (Å²) in [4.78, 5) is 26.3. The van der Waals surface area contributed by atoms with Crippen molar-refractivity contribution in [2.75, 3.05) is 11.4 Å². The number of benzene rings is 2. The van der Waals surface area contributed by atoms with E-state index in [0.717, 1.165) is 35.2 Å². The van der Waals surface area contributed by atoms with Gasteiger partial charge in [-0.15, -0.1) is 0 Å². The molecule has 1 N–H and O–H groups in total. The Hall–Kier alpha value is -2.59. The van der Waals surface area contributed by atoms with Gasteiger partial charge in [0.15, 0.2) is 0 Å². The van der Waals surface area contributed by atoms with Crippen LogP contribution in [0.25, 0.3) is 12.2 Å². The van der Waals surface area contributed by atoms with E-state index in [9.17, 15) is 9.59 Å². The minimum Gasteiger partial charge on any atom is -0.352 e. The minimum atomic E-state index is -0.0754. The number of rotatable bonds is 4. The molecule has 0 bridgehead atoms. The largest absolute Gasteiger partial charge is 0.352 e. The SMILES string of the molecule is CCCCNC(=O)c1ccc2c(c1)C=Cc1cc(Cl)ccc1N(C(C)=O)C2. The fraction of sp³-hybridized carbons (Fsp3) is 0.273. The van der Waals surface area contributed by atoms with Gasteiger partial charge < -0.3 is 10.2 Å². The van der Waals surface area contributed by atoms with Crippen LogP contribution in [0.5, 0.6) is 0 Å². The highest BCUT2D eigenvalue weighted by molar-refractivity contribution is 6.30. The number of hydrogen-bond donors (Lipinski definition) is 1. The molecule has 0 spiro atoms. The van der Waals surface area contributed by atoms with Gasteiger partial charge in [-0.1, -0.05) is 43.2 Å². The number of nitrogens with zero attached hydrogens (tertiary/aromatic N) is 1. The summed E-state index contributed by atoms with van der Waals surface area (Å²) in [5.41, 5.74) is 4.24. The molecule has 0 atom stereocenters. The topological polar surface area (TPSA) is 49.4 Å². The quantitative estimate of drug-likeness (QED) is 0.764. The molecule has 0 radical (unpaired) electrons. The summed E-state index contributed by atoms with van der Waals surface area (Å²) in [6, 6.07) is 11.1. The van der Waals surface area contributed by atoms with Crippen LogP contribution in [0.4, 0.5) is 5.69 Å². The fourth-order valence-corrected chi connectivity index (χ4v) is 3.32. The molecule has 27 heavy (non-hydrogen) atoms. The predicted octanol–water partition coefficient (Wildman–Crippen LogP) is 4.91. The summed E-state index contributed by atoms with van der Waals surface area (Å²) in [6.45, 7) is 4.76. The zero-order chi connectivity index (χ0) is 19.4. The van der Waals surface area contributed by atoms with Crippen LogP contribution in [0, 0.1) is 0 Å². The van der Waals surface area contributed by atoms with Crippen molar-refractivity contribution >= 4 is 41.3 Å². The zero-order valence-corrected chi connectivity index (χ0v) is 16.3. The molecule has 0 aromatic heterocycles. The van der Waals surface area contributed by atoms with Gasteiger partial charge in [-0.05, 0) is 53.4 Å². The number of unbranched alkanes of at least 4 members (excludes halogenated alkanes) is 1. The fourth-order valence-electron chi connectivity index (χ4n) is 3.14. The van der Waals surface area contributed by atoms with Gasteiger partial charge in [0.25, 0.3) is 5.91 Å². The number of carbonyl (C=O) groups is 2. The van der Waals surface area contributed by atoms with Crippen molar-refractivity contribution in [1.82, 2.24) is 5.32 Å². The van der Waals surface area contributed by atoms with Crippen molar-refractivity contribution < 1.29 is 9.59 Å². The van der Waals surface area contributed by atoms with Gasteiger partial charge in [0, 0.05) is 24.1 Å². The monoisotopic (exact) mass is 382 g/mol. The van der Waals surface area contributed by atoms with Crippen LogP contribution in [-0.4, -0.2) is 18.4 Å². The highest BCUT2D eigenvalue weighted by atomic mass is 35.5. The maximum absolute atomic E-state index is 12.4. The Labute approximate surface area is 164 Å². The second kappa shape index (κ2) is 8.40. The van der Waals surface area contributed by atoms with E-state index in [1.807, 2.05) is 42.5 Å². The lowest BCUT2D eigenvalue weighted by atomic mass is 9.98. The Morgan fingerprint density at radius 1 is 1.11 bits per heavy atom. The zero-order valence-electron chi connectivity index (χ0n) is 15.6. The molecule has 0 saturated heterocycles. The lowest BCUT2D eigenvalue weighted by Crippen LogP contribution is -2.29. The Bertz CT molecular complexity index is 905. The van der Waals surface area contributed by atoms with Gasteiger partial charge in [-0.25, -0.2) is 0 Å². The number of nitrogens with one attached hydrogen (secondary N) is 1. The average molecular weight is 383 g/mol. The molecule has 0 unspecified atom stereocenters. The van der Waals surface area contributed by atoms with E-state index in [1.165, 1.54) is 0 Å². The predicted molar refractivity (Wildman–Crippen MR) is 111 cm³/mol. The second-order valence-electron chi connectivity index (χ2n) is 6.66. The third kappa shape index (κ3) is 4.40. The van der Waals surface area contributed by atoms with Crippen LogP contribution in [-0.2, 0) is 11.3 Å². The highest BCUT2D eigenvalue weighted by Gasteiger charge is 2.19. The first-order valence-corrected chi connectivity index (χ1v) is 9.54. The van der Waals surface area contributed by atoms with Crippen LogP contribution in [0.2, 0.25) is 5.02 Å². The summed E-state index contributed by atoms with van der Waals surface area (Å²) in [7, 11) is 0. The molecule has 0 aliphatic carbocycles. The molecule has 2 amide bonds. The summed E-state index contributed by atoms with van der Waals surface area (Å²) in [6.07, 6.45) is 5.91. The van der Waals surface area contributed by atoms with E-state index in [-0.39, 0.29) is 11.8 Å². The van der Waals surface area contributed by atoms with Crippen LogP contribution >= 0.6 is 11.6 Å². The molecular weight excluding hydrogens is 360 g/mol. The number of carbonyl (C=O) groups excluding carboxylic acids is 2. The molecular formula is C22H23ClN2O2. The van der Waals surface area contributed by atoms with Crippen LogP contribution < -0.4 is 10.2 Å². The summed E-state index contributed by atoms with van der Waals surface area (Å²) >= 11 is 6.14. The van der Waals surface area contributed by atoms with Crippen molar-refractivity contribution in [3.05, 3.63) is 63.7 Å². The lowest BCUT2D eigenvalue weighted by molar-refractivity contribution is -0.116. The van der Waals surface area contributed by atoms with E-state index in [0.29, 0.717) is 23.7 Å². The van der Waals surface area contributed by atoms with E-state index < -0.39 is 0 Å². The lowest BCUT2D eigenvalue weighted by Gasteiger charge is -2.26. The van der Waals surface area contributed by atoms with Crippen molar-refractivity contribution in [3.63, 3.8) is 0 Å². The van der Waals surface area contributed by atoms with Crippen molar-refractivity contribution in [2.24, 2.45) is 0 Å². The van der Waals surface area contributed by atoms with Crippen molar-refractivity contribution in [3.8, 4) is 0 Å². The van der Waals surface area contributed by atoms with Crippen molar-refractivity contribution in [1.29, 1.82) is 0 Å². The van der Waals surface area contributed by atoms with Gasteiger partial charge in [0.1, 0.15) is 0 Å². The molecule has 1 aliphatic rings. The highest BCUT2D eigenvalue weighted by Crippen LogP contribution is 2.31. The molecule has 1 heterocycles. The molecule has 2 aromatic carbocycles. The number of fused-ring (bicyclic) bond motifs is 2. The normalized spacial score (nSPS) is 12.6. The maximum Gasteiger partial charge on any atom is 0.251 e. The first-order valence-electron chi connectivity index (χ1n) is 9.16. The molecule has 3 rings (SSSR count).